The van der Waals surface area contributed by atoms with Crippen LogP contribution in [0.15, 0.2) is 47.4 Å². The van der Waals surface area contributed by atoms with Crippen LogP contribution in [0.3, 0.4) is 0 Å². The molecule has 118 valence electrons. The van der Waals surface area contributed by atoms with Crippen molar-refractivity contribution in [2.24, 2.45) is 0 Å². The Morgan fingerprint density at radius 2 is 1.86 bits per heavy atom. The van der Waals surface area contributed by atoms with Gasteiger partial charge < -0.3 is 5.11 Å². The monoisotopic (exact) mass is 321 g/mol. The number of fused-ring (bicyclic) bond motifs is 1. The fourth-order valence-electron chi connectivity index (χ4n) is 2.32. The maximum Gasteiger partial charge on any atom is 0.321 e. The van der Waals surface area contributed by atoms with Crippen molar-refractivity contribution < 1.29 is 18.3 Å². The number of unbranched alkanes of at least 4 members (excludes halogenated alkanes) is 1. The quantitative estimate of drug-likeness (QED) is 0.821. The van der Waals surface area contributed by atoms with Crippen LogP contribution in [0.5, 0.6) is 0 Å². The molecular weight excluding hydrogens is 302 g/mol. The molecule has 0 saturated heterocycles. The van der Waals surface area contributed by atoms with Gasteiger partial charge in [0.2, 0.25) is 10.0 Å². The molecule has 2 N–H and O–H groups in total. The highest BCUT2D eigenvalue weighted by molar-refractivity contribution is 7.89. The van der Waals surface area contributed by atoms with E-state index < -0.39 is 22.0 Å². The van der Waals surface area contributed by atoms with Gasteiger partial charge in [-0.1, -0.05) is 56.2 Å². The molecule has 0 heterocycles. The normalized spacial score (nSPS) is 13.1. The summed E-state index contributed by atoms with van der Waals surface area (Å²) in [4.78, 5) is 11.4. The maximum atomic E-state index is 12.5. The van der Waals surface area contributed by atoms with E-state index in [-0.39, 0.29) is 11.3 Å². The van der Waals surface area contributed by atoms with Crippen molar-refractivity contribution in [1.29, 1.82) is 0 Å². The van der Waals surface area contributed by atoms with E-state index in [2.05, 4.69) is 4.72 Å². The van der Waals surface area contributed by atoms with Crippen LogP contribution < -0.4 is 4.72 Å². The summed E-state index contributed by atoms with van der Waals surface area (Å²) in [5, 5.41) is 10.6. The van der Waals surface area contributed by atoms with Gasteiger partial charge in [0.15, 0.2) is 0 Å². The summed E-state index contributed by atoms with van der Waals surface area (Å²) in [5.74, 6) is -1.16. The number of hydrogen-bond acceptors (Lipinski definition) is 3. The summed E-state index contributed by atoms with van der Waals surface area (Å²) in [6.45, 7) is 1.93. The van der Waals surface area contributed by atoms with Crippen LogP contribution in [-0.2, 0) is 14.8 Å². The summed E-state index contributed by atoms with van der Waals surface area (Å²) in [6.07, 6.45) is 1.73. The summed E-state index contributed by atoms with van der Waals surface area (Å²) in [5.41, 5.74) is 0. The molecule has 0 radical (unpaired) electrons. The largest absolute Gasteiger partial charge is 0.480 e. The lowest BCUT2D eigenvalue weighted by Crippen LogP contribution is -2.40. The molecule has 22 heavy (non-hydrogen) atoms. The first-order valence-corrected chi connectivity index (χ1v) is 8.67. The maximum absolute atomic E-state index is 12.5. The van der Waals surface area contributed by atoms with Crippen LogP contribution in [0.4, 0.5) is 0 Å². The third-order valence-electron chi connectivity index (χ3n) is 3.48. The number of carboxylic acid groups (broad SMARTS) is 1. The van der Waals surface area contributed by atoms with Crippen molar-refractivity contribution in [2.45, 2.75) is 37.1 Å². The van der Waals surface area contributed by atoms with E-state index in [1.807, 2.05) is 25.1 Å². The summed E-state index contributed by atoms with van der Waals surface area (Å²) in [6, 6.07) is 11.0. The molecule has 0 aromatic heterocycles. The van der Waals surface area contributed by atoms with E-state index in [1.165, 1.54) is 6.07 Å². The van der Waals surface area contributed by atoms with Crippen LogP contribution >= 0.6 is 0 Å². The highest BCUT2D eigenvalue weighted by Crippen LogP contribution is 2.23. The molecule has 0 bridgehead atoms. The smallest absolute Gasteiger partial charge is 0.321 e. The van der Waals surface area contributed by atoms with Crippen LogP contribution in [0, 0.1) is 0 Å². The second kappa shape index (κ2) is 6.89. The molecule has 2 aromatic rings. The minimum absolute atomic E-state index is 0.105. The Hall–Kier alpha value is -1.92. The zero-order valence-electron chi connectivity index (χ0n) is 12.3. The zero-order valence-corrected chi connectivity index (χ0v) is 13.1. The first-order chi connectivity index (χ1) is 10.5. The van der Waals surface area contributed by atoms with E-state index in [9.17, 15) is 18.3 Å². The Bertz CT molecular complexity index is 765. The van der Waals surface area contributed by atoms with Crippen molar-refractivity contribution >= 4 is 26.8 Å². The molecule has 0 spiro atoms. The number of carbonyl (C=O) groups is 1. The number of rotatable bonds is 7. The molecule has 0 fully saturated rings. The summed E-state index contributed by atoms with van der Waals surface area (Å²) >= 11 is 0. The first-order valence-electron chi connectivity index (χ1n) is 7.18. The molecule has 1 unspecified atom stereocenters. The van der Waals surface area contributed by atoms with Crippen molar-refractivity contribution in [2.75, 3.05) is 0 Å². The molecule has 0 amide bonds. The van der Waals surface area contributed by atoms with Gasteiger partial charge in [0.1, 0.15) is 6.04 Å². The standard InChI is InChI=1S/C16H19NO4S/c1-2-3-10-14(16(18)19)17-22(20,21)15-11-6-8-12-7-4-5-9-13(12)15/h4-9,11,14,17H,2-3,10H2,1H3,(H,18,19). The van der Waals surface area contributed by atoms with Gasteiger partial charge in [-0.15, -0.1) is 0 Å². The lowest BCUT2D eigenvalue weighted by Gasteiger charge is -2.15. The van der Waals surface area contributed by atoms with E-state index in [4.69, 9.17) is 0 Å². The number of benzene rings is 2. The van der Waals surface area contributed by atoms with Gasteiger partial charge in [0, 0.05) is 5.39 Å². The number of aliphatic carboxylic acids is 1. The first kappa shape index (κ1) is 16.5. The lowest BCUT2D eigenvalue weighted by atomic mass is 10.1. The van der Waals surface area contributed by atoms with Crippen LogP contribution in [0.2, 0.25) is 0 Å². The van der Waals surface area contributed by atoms with Gasteiger partial charge in [-0.3, -0.25) is 4.79 Å². The van der Waals surface area contributed by atoms with E-state index >= 15 is 0 Å². The van der Waals surface area contributed by atoms with E-state index in [0.29, 0.717) is 11.8 Å². The van der Waals surface area contributed by atoms with Crippen molar-refractivity contribution in [3.05, 3.63) is 42.5 Å². The van der Waals surface area contributed by atoms with Crippen LogP contribution in [0.25, 0.3) is 10.8 Å². The Morgan fingerprint density at radius 3 is 2.55 bits per heavy atom. The van der Waals surface area contributed by atoms with Crippen molar-refractivity contribution in [3.8, 4) is 0 Å². The molecule has 1 atom stereocenters. The zero-order chi connectivity index (χ0) is 16.2. The molecule has 2 rings (SSSR count). The van der Waals surface area contributed by atoms with Gasteiger partial charge in [0.25, 0.3) is 0 Å². The fraction of sp³-hybridized carbons (Fsp3) is 0.312. The van der Waals surface area contributed by atoms with Crippen LogP contribution in [-0.4, -0.2) is 25.5 Å². The molecule has 5 nitrogen and oxygen atoms in total. The van der Waals surface area contributed by atoms with Crippen LogP contribution in [0.1, 0.15) is 26.2 Å². The Balaban J connectivity index is 2.38. The Morgan fingerprint density at radius 1 is 1.18 bits per heavy atom. The average Bonchev–Trinajstić information content (AvgIpc) is 2.50. The van der Waals surface area contributed by atoms with Gasteiger partial charge in [-0.25, -0.2) is 8.42 Å². The predicted octanol–water partition coefficient (Wildman–Crippen LogP) is 2.76. The van der Waals surface area contributed by atoms with E-state index in [1.54, 1.807) is 18.2 Å². The van der Waals surface area contributed by atoms with Crippen molar-refractivity contribution in [3.63, 3.8) is 0 Å². The molecule has 0 aliphatic carbocycles. The Labute approximate surface area is 130 Å². The number of nitrogens with one attached hydrogen (secondary N) is 1. The second-order valence-electron chi connectivity index (χ2n) is 5.13. The molecule has 0 aliphatic rings. The van der Waals surface area contributed by atoms with Gasteiger partial charge in [-0.2, -0.15) is 4.72 Å². The third-order valence-corrected chi connectivity index (χ3v) is 5.01. The molecular formula is C16H19NO4S. The highest BCUT2D eigenvalue weighted by atomic mass is 32.2. The lowest BCUT2D eigenvalue weighted by molar-refractivity contribution is -0.139. The van der Waals surface area contributed by atoms with E-state index in [0.717, 1.165) is 11.8 Å². The third kappa shape index (κ3) is 3.64. The van der Waals surface area contributed by atoms with Crippen molar-refractivity contribution in [1.82, 2.24) is 4.72 Å². The predicted molar refractivity (Wildman–Crippen MR) is 85.2 cm³/mol. The molecule has 0 aliphatic heterocycles. The average molecular weight is 321 g/mol. The topological polar surface area (TPSA) is 83.5 Å². The molecule has 2 aromatic carbocycles. The summed E-state index contributed by atoms with van der Waals surface area (Å²) in [7, 11) is -3.89. The highest BCUT2D eigenvalue weighted by Gasteiger charge is 2.25. The summed E-state index contributed by atoms with van der Waals surface area (Å²) < 4.78 is 27.4. The minimum atomic E-state index is -3.89. The van der Waals surface area contributed by atoms with Gasteiger partial charge in [-0.05, 0) is 17.9 Å². The molecule has 0 saturated carbocycles. The minimum Gasteiger partial charge on any atom is -0.480 e. The SMILES string of the molecule is CCCCC(NS(=O)(=O)c1cccc2ccccc12)C(=O)O. The number of hydrogen-bond donors (Lipinski definition) is 2. The second-order valence-corrected chi connectivity index (χ2v) is 6.81. The fourth-order valence-corrected chi connectivity index (χ4v) is 3.78. The number of sulfonamides is 1. The molecule has 6 heteroatoms. The Kier molecular flexibility index (Phi) is 5.15. The number of carboxylic acids is 1. The van der Waals surface area contributed by atoms with Gasteiger partial charge in [0.05, 0.1) is 4.90 Å². The van der Waals surface area contributed by atoms with Gasteiger partial charge >= 0.3 is 5.97 Å².